The molecule has 1 rings (SSSR count). The van der Waals surface area contributed by atoms with E-state index in [9.17, 15) is 4.79 Å². The summed E-state index contributed by atoms with van der Waals surface area (Å²) in [5, 5.41) is 2.96. The summed E-state index contributed by atoms with van der Waals surface area (Å²) in [6, 6.07) is 6.01. The molecule has 0 spiro atoms. The zero-order chi connectivity index (χ0) is 14.4. The van der Waals surface area contributed by atoms with Crippen LogP contribution in [0.15, 0.2) is 30.4 Å². The highest BCUT2D eigenvalue weighted by molar-refractivity contribution is 5.99. The molecule has 0 aliphatic carbocycles. The van der Waals surface area contributed by atoms with Gasteiger partial charge in [-0.15, -0.1) is 0 Å². The van der Waals surface area contributed by atoms with E-state index >= 15 is 0 Å². The third-order valence-electron chi connectivity index (χ3n) is 2.90. The van der Waals surface area contributed by atoms with Gasteiger partial charge in [-0.3, -0.25) is 4.79 Å². The molecule has 3 heteroatoms. The fourth-order valence-corrected chi connectivity index (χ4v) is 2.10. The smallest absolute Gasteiger partial charge is 0.248 e. The van der Waals surface area contributed by atoms with Crippen LogP contribution in [-0.2, 0) is 4.79 Å². The van der Waals surface area contributed by atoms with Gasteiger partial charge in [-0.1, -0.05) is 32.1 Å². The quantitative estimate of drug-likeness (QED) is 0.825. The van der Waals surface area contributed by atoms with Crippen molar-refractivity contribution < 1.29 is 4.79 Å². The van der Waals surface area contributed by atoms with E-state index in [2.05, 4.69) is 32.2 Å². The summed E-state index contributed by atoms with van der Waals surface area (Å²) in [5.41, 5.74) is 3.33. The Morgan fingerprint density at radius 2 is 2.05 bits per heavy atom. The molecular formula is C16H24N2O. The minimum atomic E-state index is -0.0747. The van der Waals surface area contributed by atoms with E-state index in [0.29, 0.717) is 5.92 Å². The van der Waals surface area contributed by atoms with Crippen molar-refractivity contribution >= 4 is 11.6 Å². The minimum Gasteiger partial charge on any atom is -0.322 e. The van der Waals surface area contributed by atoms with Crippen molar-refractivity contribution in [2.45, 2.75) is 26.7 Å². The zero-order valence-electron chi connectivity index (χ0n) is 12.5. The Kier molecular flexibility index (Phi) is 5.77. The molecule has 0 aromatic heterocycles. The molecule has 0 unspecified atom stereocenters. The van der Waals surface area contributed by atoms with E-state index < -0.39 is 0 Å². The van der Waals surface area contributed by atoms with Crippen LogP contribution in [0.5, 0.6) is 0 Å². The van der Waals surface area contributed by atoms with Crippen molar-refractivity contribution in [3.8, 4) is 0 Å². The number of carbonyl (C=O) groups excluding carboxylic acids is 1. The van der Waals surface area contributed by atoms with Crippen LogP contribution in [0, 0.1) is 6.92 Å². The first-order valence-corrected chi connectivity index (χ1v) is 6.63. The van der Waals surface area contributed by atoms with Gasteiger partial charge in [0.2, 0.25) is 5.91 Å². The summed E-state index contributed by atoms with van der Waals surface area (Å²) in [7, 11) is 3.94. The standard InChI is InChI=1S/C16H24N2O/c1-12(2)16-13(3)8-6-9-14(16)17-15(19)10-7-11-18(4)5/h6-10,12H,11H2,1-5H3,(H,17,19)/b10-7+. The van der Waals surface area contributed by atoms with Crippen molar-refractivity contribution in [3.05, 3.63) is 41.5 Å². The Labute approximate surface area is 116 Å². The number of amides is 1. The van der Waals surface area contributed by atoms with Crippen molar-refractivity contribution in [2.75, 3.05) is 26.0 Å². The van der Waals surface area contributed by atoms with Gasteiger partial charge >= 0.3 is 0 Å². The second-order valence-electron chi connectivity index (χ2n) is 5.34. The number of anilines is 1. The van der Waals surface area contributed by atoms with Crippen LogP contribution >= 0.6 is 0 Å². The number of likely N-dealkylation sites (N-methyl/N-ethyl adjacent to an activating group) is 1. The predicted molar refractivity (Wildman–Crippen MR) is 81.6 cm³/mol. The largest absolute Gasteiger partial charge is 0.322 e. The van der Waals surface area contributed by atoms with E-state index in [0.717, 1.165) is 12.2 Å². The number of carbonyl (C=O) groups is 1. The highest BCUT2D eigenvalue weighted by atomic mass is 16.1. The van der Waals surface area contributed by atoms with Crippen LogP contribution in [0.1, 0.15) is 30.9 Å². The van der Waals surface area contributed by atoms with E-state index in [1.807, 2.05) is 37.2 Å². The first-order chi connectivity index (χ1) is 8.91. The highest BCUT2D eigenvalue weighted by Gasteiger charge is 2.10. The third kappa shape index (κ3) is 4.87. The average Bonchev–Trinajstić information content (AvgIpc) is 2.27. The Morgan fingerprint density at radius 3 is 2.63 bits per heavy atom. The monoisotopic (exact) mass is 260 g/mol. The zero-order valence-corrected chi connectivity index (χ0v) is 12.5. The lowest BCUT2D eigenvalue weighted by molar-refractivity contribution is -0.111. The van der Waals surface area contributed by atoms with Gasteiger partial charge in [-0.2, -0.15) is 0 Å². The number of aryl methyl sites for hydroxylation is 1. The molecular weight excluding hydrogens is 236 g/mol. The van der Waals surface area contributed by atoms with Gasteiger partial charge < -0.3 is 10.2 Å². The molecule has 0 heterocycles. The molecule has 0 fully saturated rings. The Hall–Kier alpha value is -1.61. The molecule has 19 heavy (non-hydrogen) atoms. The summed E-state index contributed by atoms with van der Waals surface area (Å²) in [4.78, 5) is 13.9. The van der Waals surface area contributed by atoms with E-state index in [1.165, 1.54) is 11.1 Å². The molecule has 0 saturated heterocycles. The Balaban J connectivity index is 2.80. The molecule has 0 saturated carbocycles. The fourth-order valence-electron chi connectivity index (χ4n) is 2.10. The van der Waals surface area contributed by atoms with Crippen LogP contribution in [0.3, 0.4) is 0 Å². The van der Waals surface area contributed by atoms with Gasteiger partial charge in [0.25, 0.3) is 0 Å². The molecule has 104 valence electrons. The summed E-state index contributed by atoms with van der Waals surface area (Å²) in [5.74, 6) is 0.316. The second-order valence-corrected chi connectivity index (χ2v) is 5.34. The van der Waals surface area contributed by atoms with Crippen LogP contribution in [0.2, 0.25) is 0 Å². The molecule has 1 N–H and O–H groups in total. The van der Waals surface area contributed by atoms with Crippen molar-refractivity contribution in [1.82, 2.24) is 4.90 Å². The summed E-state index contributed by atoms with van der Waals surface area (Å²) in [6.07, 6.45) is 3.45. The van der Waals surface area contributed by atoms with Gasteiger partial charge in [-0.05, 0) is 44.1 Å². The first kappa shape index (κ1) is 15.4. The SMILES string of the molecule is Cc1cccc(NC(=O)/C=C/CN(C)C)c1C(C)C. The van der Waals surface area contributed by atoms with Crippen molar-refractivity contribution in [1.29, 1.82) is 0 Å². The summed E-state index contributed by atoms with van der Waals surface area (Å²) < 4.78 is 0. The van der Waals surface area contributed by atoms with Gasteiger partial charge in [0.15, 0.2) is 0 Å². The maximum atomic E-state index is 11.9. The number of hydrogen-bond acceptors (Lipinski definition) is 2. The minimum absolute atomic E-state index is 0.0747. The highest BCUT2D eigenvalue weighted by Crippen LogP contribution is 2.27. The molecule has 0 atom stereocenters. The average molecular weight is 260 g/mol. The number of benzene rings is 1. The molecule has 0 aliphatic rings. The second kappa shape index (κ2) is 7.10. The predicted octanol–water partition coefficient (Wildman–Crippen LogP) is 3.17. The third-order valence-corrected chi connectivity index (χ3v) is 2.90. The normalized spacial score (nSPS) is 11.5. The molecule has 1 amide bonds. The summed E-state index contributed by atoms with van der Waals surface area (Å²) >= 11 is 0. The Morgan fingerprint density at radius 1 is 1.37 bits per heavy atom. The van der Waals surface area contributed by atoms with Crippen LogP contribution in [-0.4, -0.2) is 31.4 Å². The van der Waals surface area contributed by atoms with Gasteiger partial charge in [0.1, 0.15) is 0 Å². The topological polar surface area (TPSA) is 32.3 Å². The maximum Gasteiger partial charge on any atom is 0.248 e. The number of hydrogen-bond donors (Lipinski definition) is 1. The van der Waals surface area contributed by atoms with Gasteiger partial charge in [-0.25, -0.2) is 0 Å². The van der Waals surface area contributed by atoms with Crippen LogP contribution in [0.4, 0.5) is 5.69 Å². The Bertz CT molecular complexity index is 462. The van der Waals surface area contributed by atoms with Crippen molar-refractivity contribution in [2.24, 2.45) is 0 Å². The number of rotatable bonds is 5. The van der Waals surface area contributed by atoms with Crippen LogP contribution < -0.4 is 5.32 Å². The molecule has 0 radical (unpaired) electrons. The fraction of sp³-hybridized carbons (Fsp3) is 0.438. The summed E-state index contributed by atoms with van der Waals surface area (Å²) in [6.45, 7) is 7.12. The van der Waals surface area contributed by atoms with E-state index in [1.54, 1.807) is 6.08 Å². The van der Waals surface area contributed by atoms with E-state index in [4.69, 9.17) is 0 Å². The molecule has 1 aromatic rings. The first-order valence-electron chi connectivity index (χ1n) is 6.63. The lowest BCUT2D eigenvalue weighted by Crippen LogP contribution is -2.14. The lowest BCUT2D eigenvalue weighted by atomic mass is 9.96. The van der Waals surface area contributed by atoms with Gasteiger partial charge in [0.05, 0.1) is 0 Å². The maximum absolute atomic E-state index is 11.9. The molecule has 1 aromatic carbocycles. The lowest BCUT2D eigenvalue weighted by Gasteiger charge is -2.15. The molecule has 0 bridgehead atoms. The molecule has 0 aliphatic heterocycles. The van der Waals surface area contributed by atoms with Gasteiger partial charge in [0, 0.05) is 18.3 Å². The van der Waals surface area contributed by atoms with Crippen molar-refractivity contribution in [3.63, 3.8) is 0 Å². The van der Waals surface area contributed by atoms with Crippen LogP contribution in [0.25, 0.3) is 0 Å². The van der Waals surface area contributed by atoms with E-state index in [-0.39, 0.29) is 5.91 Å². The number of nitrogens with one attached hydrogen (secondary N) is 1. The number of nitrogens with zero attached hydrogens (tertiary/aromatic N) is 1. The molecule has 3 nitrogen and oxygen atoms in total.